The van der Waals surface area contributed by atoms with Crippen LogP contribution in [0.4, 0.5) is 0 Å². The van der Waals surface area contributed by atoms with Crippen LogP contribution in [0.25, 0.3) is 6.08 Å². The van der Waals surface area contributed by atoms with Crippen LogP contribution in [0.1, 0.15) is 18.9 Å². The van der Waals surface area contributed by atoms with E-state index < -0.39 is 0 Å². The van der Waals surface area contributed by atoms with Crippen molar-refractivity contribution < 1.29 is 9.53 Å². The van der Waals surface area contributed by atoms with Crippen LogP contribution in [-0.2, 0) is 9.53 Å². The van der Waals surface area contributed by atoms with Crippen molar-refractivity contribution in [1.82, 2.24) is 10.2 Å². The maximum Gasteiger partial charge on any atom is 0.276 e. The monoisotopic (exact) mass is 358 g/mol. The number of hydrogen-bond donors (Lipinski definition) is 1. The van der Waals surface area contributed by atoms with E-state index in [0.717, 1.165) is 6.42 Å². The van der Waals surface area contributed by atoms with Crippen molar-refractivity contribution in [3.63, 3.8) is 0 Å². The summed E-state index contributed by atoms with van der Waals surface area (Å²) in [6, 6.07) is 5.19. The third-order valence-electron chi connectivity index (χ3n) is 3.13. The second-order valence-electron chi connectivity index (χ2n) is 4.63. The van der Waals surface area contributed by atoms with Crippen molar-refractivity contribution in [2.75, 3.05) is 19.8 Å². The van der Waals surface area contributed by atoms with Crippen LogP contribution in [0.15, 0.2) is 23.9 Å². The van der Waals surface area contributed by atoms with Gasteiger partial charge in [-0.2, -0.15) is 0 Å². The molecule has 1 N–H and O–H groups in total. The summed E-state index contributed by atoms with van der Waals surface area (Å²) in [5.74, 6) is -0.183. The lowest BCUT2D eigenvalue weighted by atomic mass is 10.2. The van der Waals surface area contributed by atoms with Crippen LogP contribution in [0, 0.1) is 0 Å². The van der Waals surface area contributed by atoms with E-state index >= 15 is 0 Å². The number of amides is 1. The van der Waals surface area contributed by atoms with Gasteiger partial charge in [0.25, 0.3) is 5.91 Å². The molecule has 0 bridgehead atoms. The molecule has 1 amide bonds. The fourth-order valence-corrected chi connectivity index (χ4v) is 2.83. The molecule has 1 aliphatic rings. The Morgan fingerprint density at radius 3 is 2.68 bits per heavy atom. The minimum Gasteiger partial charge on any atom is -0.382 e. The van der Waals surface area contributed by atoms with Crippen molar-refractivity contribution in [2.24, 2.45) is 0 Å². The Kier molecular flexibility index (Phi) is 6.20. The standard InChI is InChI=1S/C15H16Cl2N2O2S/c1-2-21-8-4-7-19-14(20)13(18-15(19)22)9-10-11(16)5-3-6-12(10)17/h3,5-6,9H,2,4,7-8H2,1H3,(H,18,22)/b13-9-. The van der Waals surface area contributed by atoms with Crippen molar-refractivity contribution in [1.29, 1.82) is 0 Å². The predicted molar refractivity (Wildman–Crippen MR) is 93.0 cm³/mol. The zero-order valence-corrected chi connectivity index (χ0v) is 14.4. The summed E-state index contributed by atoms with van der Waals surface area (Å²) in [4.78, 5) is 13.9. The summed E-state index contributed by atoms with van der Waals surface area (Å²) in [7, 11) is 0. The van der Waals surface area contributed by atoms with Crippen LogP contribution in [0.5, 0.6) is 0 Å². The first-order chi connectivity index (χ1) is 10.5. The highest BCUT2D eigenvalue weighted by Gasteiger charge is 2.30. The third-order valence-corrected chi connectivity index (χ3v) is 4.11. The number of benzene rings is 1. The van der Waals surface area contributed by atoms with Crippen LogP contribution >= 0.6 is 35.4 Å². The van der Waals surface area contributed by atoms with Gasteiger partial charge in [0.1, 0.15) is 5.70 Å². The molecule has 0 aromatic heterocycles. The summed E-state index contributed by atoms with van der Waals surface area (Å²) in [6.07, 6.45) is 2.35. The van der Waals surface area contributed by atoms with E-state index in [4.69, 9.17) is 40.2 Å². The van der Waals surface area contributed by atoms with E-state index in [0.29, 0.717) is 46.2 Å². The van der Waals surface area contributed by atoms with Gasteiger partial charge in [-0.05, 0) is 43.8 Å². The number of carbonyl (C=O) groups is 1. The number of halogens is 2. The SMILES string of the molecule is CCOCCCN1C(=O)/C(=C/c2c(Cl)cccc2Cl)NC1=S. The quantitative estimate of drug-likeness (QED) is 0.480. The highest BCUT2D eigenvalue weighted by Crippen LogP contribution is 2.27. The Balaban J connectivity index is 2.12. The summed E-state index contributed by atoms with van der Waals surface area (Å²) in [5.41, 5.74) is 0.969. The zero-order valence-electron chi connectivity index (χ0n) is 12.1. The lowest BCUT2D eigenvalue weighted by Gasteiger charge is -2.13. The van der Waals surface area contributed by atoms with Gasteiger partial charge in [-0.3, -0.25) is 9.69 Å². The molecule has 1 fully saturated rings. The molecule has 1 aromatic carbocycles. The first-order valence-corrected chi connectivity index (χ1v) is 8.07. The minimum absolute atomic E-state index is 0.183. The van der Waals surface area contributed by atoms with Gasteiger partial charge in [0.2, 0.25) is 0 Å². The summed E-state index contributed by atoms with van der Waals surface area (Å²) >= 11 is 17.4. The Hall–Kier alpha value is -1.14. The normalized spacial score (nSPS) is 16.5. The number of ether oxygens (including phenoxy) is 1. The van der Waals surface area contributed by atoms with E-state index in [1.807, 2.05) is 6.92 Å². The second-order valence-corrected chi connectivity index (χ2v) is 5.83. The molecule has 1 heterocycles. The molecule has 0 unspecified atom stereocenters. The maximum absolute atomic E-state index is 12.4. The van der Waals surface area contributed by atoms with E-state index in [9.17, 15) is 4.79 Å². The molecule has 22 heavy (non-hydrogen) atoms. The molecule has 1 aliphatic heterocycles. The molecule has 0 spiro atoms. The number of hydrogen-bond acceptors (Lipinski definition) is 3. The van der Waals surface area contributed by atoms with Gasteiger partial charge < -0.3 is 10.1 Å². The van der Waals surface area contributed by atoms with Crippen molar-refractivity contribution in [2.45, 2.75) is 13.3 Å². The molecule has 0 saturated carbocycles. The van der Waals surface area contributed by atoms with E-state index in [-0.39, 0.29) is 5.91 Å². The predicted octanol–water partition coefficient (Wildman–Crippen LogP) is 3.48. The van der Waals surface area contributed by atoms with Gasteiger partial charge >= 0.3 is 0 Å². The molecule has 0 aliphatic carbocycles. The fraction of sp³-hybridized carbons (Fsp3) is 0.333. The topological polar surface area (TPSA) is 41.6 Å². The molecular formula is C15H16Cl2N2O2S. The summed E-state index contributed by atoms with van der Waals surface area (Å²) in [6.45, 7) is 3.70. The highest BCUT2D eigenvalue weighted by molar-refractivity contribution is 7.80. The average molecular weight is 359 g/mol. The Bertz CT molecular complexity index is 599. The van der Waals surface area contributed by atoms with Gasteiger partial charge in [0, 0.05) is 35.4 Å². The van der Waals surface area contributed by atoms with Crippen LogP contribution in [0.3, 0.4) is 0 Å². The van der Waals surface area contributed by atoms with Crippen LogP contribution in [-0.4, -0.2) is 35.7 Å². The van der Waals surface area contributed by atoms with Crippen LogP contribution in [0.2, 0.25) is 10.0 Å². The lowest BCUT2D eigenvalue weighted by Crippen LogP contribution is -2.32. The van der Waals surface area contributed by atoms with Crippen molar-refractivity contribution >= 4 is 52.5 Å². The van der Waals surface area contributed by atoms with Gasteiger partial charge in [0.05, 0.1) is 0 Å². The summed E-state index contributed by atoms with van der Waals surface area (Å²) < 4.78 is 5.27. The van der Waals surface area contributed by atoms with Crippen LogP contribution < -0.4 is 5.32 Å². The van der Waals surface area contributed by atoms with Crippen molar-refractivity contribution in [3.8, 4) is 0 Å². The average Bonchev–Trinajstić information content (AvgIpc) is 2.74. The minimum atomic E-state index is -0.183. The number of carbonyl (C=O) groups excluding carboxylic acids is 1. The molecular weight excluding hydrogens is 343 g/mol. The second kappa shape index (κ2) is 7.92. The first-order valence-electron chi connectivity index (χ1n) is 6.91. The van der Waals surface area contributed by atoms with E-state index in [1.165, 1.54) is 4.90 Å². The highest BCUT2D eigenvalue weighted by atomic mass is 35.5. The molecule has 0 radical (unpaired) electrons. The Labute approximate surface area is 145 Å². The molecule has 7 heteroatoms. The van der Waals surface area contributed by atoms with Gasteiger partial charge in [0.15, 0.2) is 5.11 Å². The van der Waals surface area contributed by atoms with Crippen molar-refractivity contribution in [3.05, 3.63) is 39.5 Å². The molecule has 0 atom stereocenters. The smallest absolute Gasteiger partial charge is 0.276 e. The molecule has 1 saturated heterocycles. The third kappa shape index (κ3) is 3.98. The Morgan fingerprint density at radius 2 is 2.05 bits per heavy atom. The first kappa shape index (κ1) is 17.2. The maximum atomic E-state index is 12.4. The Morgan fingerprint density at radius 1 is 1.36 bits per heavy atom. The van der Waals surface area contributed by atoms with Gasteiger partial charge in [-0.15, -0.1) is 0 Å². The largest absolute Gasteiger partial charge is 0.382 e. The van der Waals surface area contributed by atoms with Gasteiger partial charge in [-0.1, -0.05) is 29.3 Å². The van der Waals surface area contributed by atoms with E-state index in [1.54, 1.807) is 24.3 Å². The van der Waals surface area contributed by atoms with Gasteiger partial charge in [-0.25, -0.2) is 0 Å². The molecule has 1 aromatic rings. The summed E-state index contributed by atoms with van der Waals surface area (Å²) in [5, 5.41) is 4.26. The number of nitrogens with one attached hydrogen (secondary N) is 1. The number of nitrogens with zero attached hydrogens (tertiary/aromatic N) is 1. The number of rotatable bonds is 6. The molecule has 2 rings (SSSR count). The lowest BCUT2D eigenvalue weighted by molar-refractivity contribution is -0.122. The molecule has 118 valence electrons. The van der Waals surface area contributed by atoms with E-state index in [2.05, 4.69) is 5.32 Å². The number of thiocarbonyl (C=S) groups is 1. The zero-order chi connectivity index (χ0) is 16.1. The molecule has 4 nitrogen and oxygen atoms in total. The fourth-order valence-electron chi connectivity index (χ4n) is 2.04.